The third-order valence-corrected chi connectivity index (χ3v) is 8.29. The second kappa shape index (κ2) is 7.23. The second-order valence-electron chi connectivity index (χ2n) is 7.29. The van der Waals surface area contributed by atoms with Crippen LogP contribution >= 0.6 is 6.19 Å². The number of hydrazone groups is 1. The lowest BCUT2D eigenvalue weighted by atomic mass is 9.76. The highest BCUT2D eigenvalue weighted by molar-refractivity contribution is 8.20. The smallest absolute Gasteiger partial charge is 0.139 e. The molecule has 1 aliphatic rings. The number of Topliss-reactive ketones (excluding diaryl/α,β-unsaturated/α-hetero) is 1. The quantitative estimate of drug-likeness (QED) is 0.658. The van der Waals surface area contributed by atoms with Crippen LogP contribution in [0.2, 0.25) is 0 Å². The highest BCUT2D eigenvalue weighted by Crippen LogP contribution is 2.39. The molecular weight excluding hydrogens is 347 g/mol. The van der Waals surface area contributed by atoms with Gasteiger partial charge in [-0.3, -0.25) is 9.99 Å². The van der Waals surface area contributed by atoms with Gasteiger partial charge in [0.05, 0.1) is 0 Å². The summed E-state index contributed by atoms with van der Waals surface area (Å²) in [4.78, 5) is 12.0. The molecule has 3 nitrogen and oxygen atoms in total. The molecule has 2 aromatic carbocycles. The van der Waals surface area contributed by atoms with Crippen LogP contribution in [-0.2, 0) is 16.6 Å². The summed E-state index contributed by atoms with van der Waals surface area (Å²) in [6.45, 7) is 4.23. The van der Waals surface area contributed by atoms with E-state index < -0.39 is 6.19 Å². The van der Waals surface area contributed by atoms with Crippen LogP contribution in [0.15, 0.2) is 65.8 Å². The number of benzene rings is 2. The summed E-state index contributed by atoms with van der Waals surface area (Å²) in [5, 5.41) is 10.1. The average molecular weight is 370 g/mol. The molecule has 0 unspecified atom stereocenters. The van der Waals surface area contributed by atoms with Gasteiger partial charge in [0.1, 0.15) is 12.0 Å². The van der Waals surface area contributed by atoms with E-state index in [1.54, 1.807) is 0 Å². The van der Waals surface area contributed by atoms with Gasteiger partial charge < -0.3 is 0 Å². The largest absolute Gasteiger partial charge is 0.299 e. The Morgan fingerprint density at radius 2 is 1.48 bits per heavy atom. The number of hydrogen-bond donors (Lipinski definition) is 1. The van der Waals surface area contributed by atoms with E-state index in [0.29, 0.717) is 12.8 Å². The van der Waals surface area contributed by atoms with Crippen molar-refractivity contribution < 1.29 is 4.79 Å². The van der Waals surface area contributed by atoms with E-state index in [9.17, 15) is 4.79 Å². The number of carbonyl (C=O) groups excluding carboxylic acids is 1. The SMILES string of the molecule is CC1(C)CC(=O)C/C(=N/NP(=S)(c2ccccc2)c2ccccc2)C1. The Kier molecular flexibility index (Phi) is 5.21. The van der Waals surface area contributed by atoms with Crippen molar-refractivity contribution in [1.82, 2.24) is 5.20 Å². The third-order valence-electron chi connectivity index (χ3n) is 4.35. The van der Waals surface area contributed by atoms with Crippen LogP contribution in [0.5, 0.6) is 0 Å². The predicted octanol–water partition coefficient (Wildman–Crippen LogP) is 3.76. The van der Waals surface area contributed by atoms with Crippen LogP contribution < -0.4 is 15.8 Å². The van der Waals surface area contributed by atoms with Gasteiger partial charge in [0.2, 0.25) is 0 Å². The van der Waals surface area contributed by atoms with Gasteiger partial charge in [0.15, 0.2) is 0 Å². The first-order valence-corrected chi connectivity index (χ1v) is 11.2. The molecule has 0 atom stereocenters. The molecule has 0 amide bonds. The number of carbonyl (C=O) groups is 1. The fourth-order valence-electron chi connectivity index (χ4n) is 3.26. The molecule has 2 aromatic rings. The molecule has 5 heteroatoms. The summed E-state index contributed by atoms with van der Waals surface area (Å²) in [6, 6.07) is 20.2. The van der Waals surface area contributed by atoms with Gasteiger partial charge in [0.25, 0.3) is 0 Å². The summed E-state index contributed by atoms with van der Waals surface area (Å²) < 4.78 is 0. The highest BCUT2D eigenvalue weighted by Gasteiger charge is 2.31. The van der Waals surface area contributed by atoms with Gasteiger partial charge in [-0.2, -0.15) is 5.10 Å². The van der Waals surface area contributed by atoms with Crippen molar-refractivity contribution in [2.75, 3.05) is 0 Å². The summed E-state index contributed by atoms with van der Waals surface area (Å²) in [6.07, 6.45) is -0.395. The first-order chi connectivity index (χ1) is 11.9. The Morgan fingerprint density at radius 1 is 0.960 bits per heavy atom. The molecule has 0 aliphatic heterocycles. The molecule has 1 N–H and O–H groups in total. The van der Waals surface area contributed by atoms with E-state index in [4.69, 9.17) is 11.8 Å². The molecule has 0 radical (unpaired) electrons. The monoisotopic (exact) mass is 370 g/mol. The van der Waals surface area contributed by atoms with E-state index in [0.717, 1.165) is 22.7 Å². The van der Waals surface area contributed by atoms with E-state index >= 15 is 0 Å². The maximum Gasteiger partial charge on any atom is 0.139 e. The van der Waals surface area contributed by atoms with Gasteiger partial charge in [-0.25, -0.2) is 0 Å². The van der Waals surface area contributed by atoms with Gasteiger partial charge in [-0.1, -0.05) is 86.3 Å². The lowest BCUT2D eigenvalue weighted by Gasteiger charge is -2.30. The molecule has 0 bridgehead atoms. The van der Waals surface area contributed by atoms with Crippen molar-refractivity contribution in [3.8, 4) is 0 Å². The molecule has 130 valence electrons. The lowest BCUT2D eigenvalue weighted by Crippen LogP contribution is -2.31. The Labute approximate surface area is 154 Å². The fourth-order valence-corrected chi connectivity index (χ4v) is 6.11. The van der Waals surface area contributed by atoms with Crippen molar-refractivity contribution in [2.45, 2.75) is 33.1 Å². The minimum Gasteiger partial charge on any atom is -0.299 e. The Hall–Kier alpha value is -1.77. The number of ketones is 1. The Balaban J connectivity index is 1.96. The molecule has 1 saturated carbocycles. The van der Waals surface area contributed by atoms with Crippen molar-refractivity contribution >= 4 is 40.1 Å². The first-order valence-electron chi connectivity index (χ1n) is 8.45. The van der Waals surface area contributed by atoms with Crippen molar-refractivity contribution in [2.24, 2.45) is 10.5 Å². The first kappa shape index (κ1) is 18.0. The standard InChI is InChI=1S/C20H23N2OPS/c1-20(2)14-16(13-17(23)15-20)21-22-24(25,18-9-5-3-6-10-18)19-11-7-4-8-12-19/h3-12H,13-15H2,1-2H3,(H,22,25)/b21-16-. The summed E-state index contributed by atoms with van der Waals surface area (Å²) >= 11 is 6.10. The zero-order chi connectivity index (χ0) is 17.9. The van der Waals surface area contributed by atoms with Gasteiger partial charge in [-0.05, 0) is 11.8 Å². The third kappa shape index (κ3) is 4.26. The minimum absolute atomic E-state index is 0.0299. The van der Waals surface area contributed by atoms with Crippen LogP contribution in [0.4, 0.5) is 0 Å². The predicted molar refractivity (Wildman–Crippen MR) is 110 cm³/mol. The Morgan fingerprint density at radius 3 is 1.96 bits per heavy atom. The average Bonchev–Trinajstić information content (AvgIpc) is 2.59. The zero-order valence-corrected chi connectivity index (χ0v) is 16.3. The number of nitrogens with one attached hydrogen (secondary N) is 1. The van der Waals surface area contributed by atoms with E-state index in [-0.39, 0.29) is 11.2 Å². The second-order valence-corrected chi connectivity index (χ2v) is 11.4. The molecule has 1 fully saturated rings. The van der Waals surface area contributed by atoms with Crippen molar-refractivity contribution in [3.63, 3.8) is 0 Å². The molecular formula is C20H23N2OPS. The normalized spacial score (nSPS) is 19.0. The van der Waals surface area contributed by atoms with Crippen LogP contribution in [-0.4, -0.2) is 11.5 Å². The lowest BCUT2D eigenvalue weighted by molar-refractivity contribution is -0.120. The minimum atomic E-state index is -2.27. The highest BCUT2D eigenvalue weighted by atomic mass is 32.4. The maximum absolute atomic E-state index is 12.0. The topological polar surface area (TPSA) is 41.5 Å². The summed E-state index contributed by atoms with van der Waals surface area (Å²) in [5.41, 5.74) is 0.875. The van der Waals surface area contributed by atoms with Crippen molar-refractivity contribution in [1.29, 1.82) is 0 Å². The van der Waals surface area contributed by atoms with E-state index in [2.05, 4.69) is 48.4 Å². The Bertz CT molecular complexity index is 788. The molecule has 3 rings (SSSR count). The van der Waals surface area contributed by atoms with Crippen LogP contribution in [0.3, 0.4) is 0 Å². The number of hydrogen-bond acceptors (Lipinski definition) is 3. The molecule has 1 aliphatic carbocycles. The fraction of sp³-hybridized carbons (Fsp3) is 0.300. The number of rotatable bonds is 4. The van der Waals surface area contributed by atoms with Crippen LogP contribution in [0.1, 0.15) is 33.1 Å². The molecule has 0 heterocycles. The maximum atomic E-state index is 12.0. The van der Waals surface area contributed by atoms with E-state index in [1.165, 1.54) is 0 Å². The molecule has 0 aromatic heterocycles. The summed E-state index contributed by atoms with van der Waals surface area (Å²) in [7, 11) is 0. The van der Waals surface area contributed by atoms with Gasteiger partial charge in [-0.15, -0.1) is 0 Å². The van der Waals surface area contributed by atoms with Gasteiger partial charge in [0, 0.05) is 29.2 Å². The zero-order valence-electron chi connectivity index (χ0n) is 14.6. The molecule has 0 spiro atoms. The molecule has 0 saturated heterocycles. The van der Waals surface area contributed by atoms with Gasteiger partial charge >= 0.3 is 0 Å². The van der Waals surface area contributed by atoms with Crippen molar-refractivity contribution in [3.05, 3.63) is 60.7 Å². The van der Waals surface area contributed by atoms with Crippen LogP contribution in [0.25, 0.3) is 0 Å². The summed E-state index contributed by atoms with van der Waals surface area (Å²) in [5.74, 6) is 0.254. The van der Waals surface area contributed by atoms with Crippen LogP contribution in [0, 0.1) is 5.41 Å². The number of nitrogens with zero attached hydrogens (tertiary/aromatic N) is 1. The van der Waals surface area contributed by atoms with E-state index in [1.807, 2.05) is 36.4 Å². The molecule has 25 heavy (non-hydrogen) atoms.